The van der Waals surface area contributed by atoms with Crippen LogP contribution in [0.3, 0.4) is 0 Å². The number of carbonyl (C=O) groups excluding carboxylic acids is 1. The second kappa shape index (κ2) is 4.32. The Morgan fingerprint density at radius 1 is 1.59 bits per heavy atom. The number of amides is 1. The van der Waals surface area contributed by atoms with E-state index < -0.39 is 12.1 Å². The number of imidazole rings is 1. The molecule has 1 N–H and O–H groups in total. The molecule has 0 spiro atoms. The van der Waals surface area contributed by atoms with Crippen molar-refractivity contribution in [2.75, 3.05) is 5.32 Å². The van der Waals surface area contributed by atoms with Crippen LogP contribution < -0.4 is 5.32 Å². The topological polar surface area (TPSA) is 46.9 Å². The smallest absolute Gasteiger partial charge is 0.332 e. The van der Waals surface area contributed by atoms with E-state index in [1.807, 2.05) is 0 Å². The molecule has 0 saturated heterocycles. The molecule has 1 atom stereocenters. The number of hydrogen-bond acceptors (Lipinski definition) is 2. The number of nitrogens with one attached hydrogen (secondary N) is 1. The van der Waals surface area contributed by atoms with Crippen LogP contribution in [0.15, 0.2) is 6.20 Å². The van der Waals surface area contributed by atoms with Gasteiger partial charge in [0.25, 0.3) is 0 Å². The first-order valence-corrected chi connectivity index (χ1v) is 5.86. The Morgan fingerprint density at radius 2 is 2.29 bits per heavy atom. The number of nitrogens with zero attached hydrogens (tertiary/aromatic N) is 2. The van der Waals surface area contributed by atoms with Crippen LogP contribution in [0.2, 0.25) is 0 Å². The number of hydrogen-bond donors (Lipinski definition) is 1. The van der Waals surface area contributed by atoms with Gasteiger partial charge in [-0.25, -0.2) is 4.98 Å². The number of aryl methyl sites for hydroxylation is 1. The summed E-state index contributed by atoms with van der Waals surface area (Å²) in [5, 5.41) is 1.74. The molecule has 1 amide bonds. The summed E-state index contributed by atoms with van der Waals surface area (Å²) in [5.74, 6) is -1.36. The third-order valence-electron chi connectivity index (χ3n) is 2.43. The van der Waals surface area contributed by atoms with E-state index in [-0.39, 0.29) is 10.6 Å². The second-order valence-electron chi connectivity index (χ2n) is 3.78. The van der Waals surface area contributed by atoms with Crippen molar-refractivity contribution < 1.29 is 18.0 Å². The van der Waals surface area contributed by atoms with Crippen LogP contribution in [-0.2, 0) is 17.8 Å². The van der Waals surface area contributed by atoms with Crippen LogP contribution in [0.25, 0.3) is 0 Å². The van der Waals surface area contributed by atoms with E-state index in [9.17, 15) is 18.0 Å². The fourth-order valence-corrected chi connectivity index (χ4v) is 2.19. The molecule has 2 heterocycles. The monoisotopic (exact) mass is 311 g/mol. The van der Waals surface area contributed by atoms with Crippen LogP contribution in [0, 0.1) is 0 Å². The van der Waals surface area contributed by atoms with Gasteiger partial charge in [0.2, 0.25) is 0 Å². The van der Waals surface area contributed by atoms with E-state index in [2.05, 4.69) is 20.9 Å². The Bertz CT molecular complexity index is 443. The minimum atomic E-state index is -4.89. The Hall–Kier alpha value is -1.05. The molecule has 1 aliphatic heterocycles. The number of aromatic nitrogens is 2. The van der Waals surface area contributed by atoms with Gasteiger partial charge in [0, 0.05) is 24.0 Å². The highest BCUT2D eigenvalue weighted by molar-refractivity contribution is 9.09. The maximum absolute atomic E-state index is 12.0. The maximum atomic E-state index is 12.0. The summed E-state index contributed by atoms with van der Waals surface area (Å²) < 4.78 is 37.8. The van der Waals surface area contributed by atoms with E-state index in [1.165, 1.54) is 6.20 Å². The standard InChI is InChI=1S/C9H9BrF3N3O/c10-5-1-2-7-14-6(4-16(7)3-5)15-8(17)9(11,12)13/h4-5H,1-3H2,(H,15,17). The van der Waals surface area contributed by atoms with Gasteiger partial charge in [0.1, 0.15) is 5.82 Å². The predicted molar refractivity (Wildman–Crippen MR) is 57.9 cm³/mol. The van der Waals surface area contributed by atoms with Gasteiger partial charge in [0.15, 0.2) is 5.82 Å². The average Bonchev–Trinajstić information content (AvgIpc) is 2.57. The summed E-state index contributed by atoms with van der Waals surface area (Å²) >= 11 is 3.43. The van der Waals surface area contributed by atoms with Crippen molar-refractivity contribution in [2.45, 2.75) is 30.4 Å². The number of rotatable bonds is 1. The predicted octanol–water partition coefficient (Wildman–Crippen LogP) is 2.09. The van der Waals surface area contributed by atoms with Crippen molar-refractivity contribution >= 4 is 27.7 Å². The zero-order chi connectivity index (χ0) is 12.6. The third kappa shape index (κ3) is 2.80. The lowest BCUT2D eigenvalue weighted by Gasteiger charge is -2.17. The number of fused-ring (bicyclic) bond motifs is 1. The lowest BCUT2D eigenvalue weighted by atomic mass is 10.2. The zero-order valence-electron chi connectivity index (χ0n) is 8.59. The van der Waals surface area contributed by atoms with Crippen LogP contribution in [0.4, 0.5) is 19.0 Å². The van der Waals surface area contributed by atoms with E-state index >= 15 is 0 Å². The Kier molecular flexibility index (Phi) is 3.15. The molecule has 0 saturated carbocycles. The van der Waals surface area contributed by atoms with E-state index in [0.29, 0.717) is 18.8 Å². The van der Waals surface area contributed by atoms with E-state index in [4.69, 9.17) is 0 Å². The van der Waals surface area contributed by atoms with Crippen LogP contribution in [0.1, 0.15) is 12.2 Å². The molecular weight excluding hydrogens is 303 g/mol. The molecule has 1 aromatic heterocycles. The minimum Gasteiger partial charge on any atom is -0.332 e. The lowest BCUT2D eigenvalue weighted by Crippen LogP contribution is -2.30. The summed E-state index contributed by atoms with van der Waals surface area (Å²) in [7, 11) is 0. The third-order valence-corrected chi connectivity index (χ3v) is 3.18. The first-order chi connectivity index (χ1) is 7.86. The van der Waals surface area contributed by atoms with Gasteiger partial charge in [0.05, 0.1) is 0 Å². The molecule has 1 aliphatic rings. The SMILES string of the molecule is O=C(Nc1cn2c(n1)CCC(Br)C2)C(F)(F)F. The van der Waals surface area contributed by atoms with Crippen molar-refractivity contribution in [3.63, 3.8) is 0 Å². The Labute approximate surface area is 103 Å². The van der Waals surface area contributed by atoms with Crippen molar-refractivity contribution in [1.29, 1.82) is 0 Å². The van der Waals surface area contributed by atoms with Gasteiger partial charge < -0.3 is 9.88 Å². The van der Waals surface area contributed by atoms with Gasteiger partial charge >= 0.3 is 12.1 Å². The lowest BCUT2D eigenvalue weighted by molar-refractivity contribution is -0.167. The summed E-state index contributed by atoms with van der Waals surface area (Å²) in [6.45, 7) is 0.643. The average molecular weight is 312 g/mol. The Balaban J connectivity index is 2.11. The summed E-state index contributed by atoms with van der Waals surface area (Å²) in [6.07, 6.45) is -1.91. The van der Waals surface area contributed by atoms with Crippen molar-refractivity contribution in [2.24, 2.45) is 0 Å². The highest BCUT2D eigenvalue weighted by Gasteiger charge is 2.39. The molecule has 0 radical (unpaired) electrons. The van der Waals surface area contributed by atoms with Gasteiger partial charge in [-0.2, -0.15) is 13.2 Å². The number of anilines is 1. The molecule has 0 aromatic carbocycles. The summed E-state index contributed by atoms with van der Waals surface area (Å²) in [6, 6.07) is 0. The first-order valence-electron chi connectivity index (χ1n) is 4.94. The Morgan fingerprint density at radius 3 is 2.94 bits per heavy atom. The number of alkyl halides is 4. The number of carbonyl (C=O) groups is 1. The second-order valence-corrected chi connectivity index (χ2v) is 5.08. The van der Waals surface area contributed by atoms with Crippen molar-refractivity contribution in [3.05, 3.63) is 12.0 Å². The molecule has 4 nitrogen and oxygen atoms in total. The van der Waals surface area contributed by atoms with E-state index in [1.54, 1.807) is 9.88 Å². The zero-order valence-corrected chi connectivity index (χ0v) is 10.2. The molecule has 1 unspecified atom stereocenters. The molecule has 8 heteroatoms. The van der Waals surface area contributed by atoms with Crippen LogP contribution in [0.5, 0.6) is 0 Å². The van der Waals surface area contributed by atoms with Crippen molar-refractivity contribution in [1.82, 2.24) is 9.55 Å². The van der Waals surface area contributed by atoms with Gasteiger partial charge in [-0.3, -0.25) is 4.79 Å². The molecule has 2 rings (SSSR count). The summed E-state index contributed by atoms with van der Waals surface area (Å²) in [5.41, 5.74) is 0. The summed E-state index contributed by atoms with van der Waals surface area (Å²) in [4.78, 5) is 15.0. The molecule has 1 aromatic rings. The first kappa shape index (κ1) is 12.4. The maximum Gasteiger partial charge on any atom is 0.471 e. The highest BCUT2D eigenvalue weighted by atomic mass is 79.9. The van der Waals surface area contributed by atoms with E-state index in [0.717, 1.165) is 6.42 Å². The van der Waals surface area contributed by atoms with Gasteiger partial charge in [-0.05, 0) is 6.42 Å². The fraction of sp³-hybridized carbons (Fsp3) is 0.556. The largest absolute Gasteiger partial charge is 0.471 e. The van der Waals surface area contributed by atoms with Crippen LogP contribution >= 0.6 is 15.9 Å². The normalized spacial score (nSPS) is 19.9. The molecule has 94 valence electrons. The highest BCUT2D eigenvalue weighted by Crippen LogP contribution is 2.23. The molecule has 0 bridgehead atoms. The van der Waals surface area contributed by atoms with Gasteiger partial charge in [-0.1, -0.05) is 15.9 Å². The van der Waals surface area contributed by atoms with Crippen molar-refractivity contribution in [3.8, 4) is 0 Å². The molecule has 17 heavy (non-hydrogen) atoms. The molecule has 0 aliphatic carbocycles. The number of halogens is 4. The minimum absolute atomic E-state index is 0.0519. The quantitative estimate of drug-likeness (QED) is 0.807. The van der Waals surface area contributed by atoms with Crippen LogP contribution in [-0.4, -0.2) is 26.5 Å². The molecule has 0 fully saturated rings. The van der Waals surface area contributed by atoms with Gasteiger partial charge in [-0.15, -0.1) is 0 Å². The molecular formula is C9H9BrF3N3O. The fourth-order valence-electron chi connectivity index (χ4n) is 1.65.